The summed E-state index contributed by atoms with van der Waals surface area (Å²) in [5, 5.41) is 0.560. The van der Waals surface area contributed by atoms with Crippen molar-refractivity contribution in [2.75, 3.05) is 6.61 Å². The number of hydrogen-bond donors (Lipinski definition) is 0. The van der Waals surface area contributed by atoms with E-state index in [0.29, 0.717) is 29.1 Å². The minimum atomic E-state index is -0.100. The first-order valence-corrected chi connectivity index (χ1v) is 9.55. The SMILES string of the molecule is CCCCCCCCOc1c(-c2ccccc2)oc2ccccc2c1=O. The molecule has 3 heteroatoms. The van der Waals surface area contributed by atoms with E-state index in [9.17, 15) is 4.79 Å². The lowest BCUT2D eigenvalue weighted by Gasteiger charge is -2.11. The van der Waals surface area contributed by atoms with Gasteiger partial charge in [-0.25, -0.2) is 0 Å². The molecule has 3 nitrogen and oxygen atoms in total. The standard InChI is InChI=1S/C23H26O3/c1-2-3-4-5-6-12-17-25-23-21(24)19-15-10-11-16-20(19)26-22(23)18-13-8-7-9-14-18/h7-11,13-16H,2-6,12,17H2,1H3. The largest absolute Gasteiger partial charge is 0.486 e. The highest BCUT2D eigenvalue weighted by atomic mass is 16.5. The van der Waals surface area contributed by atoms with Crippen LogP contribution in [-0.2, 0) is 0 Å². The number of hydrogen-bond acceptors (Lipinski definition) is 3. The number of benzene rings is 2. The van der Waals surface area contributed by atoms with E-state index >= 15 is 0 Å². The first-order valence-electron chi connectivity index (χ1n) is 9.55. The Labute approximate surface area is 154 Å². The highest BCUT2D eigenvalue weighted by molar-refractivity contribution is 5.81. The summed E-state index contributed by atoms with van der Waals surface area (Å²) in [6.07, 6.45) is 7.09. The molecular weight excluding hydrogens is 324 g/mol. The minimum absolute atomic E-state index is 0.100. The van der Waals surface area contributed by atoms with E-state index in [-0.39, 0.29) is 5.43 Å². The summed E-state index contributed by atoms with van der Waals surface area (Å²) in [5.41, 5.74) is 1.34. The number of fused-ring (bicyclic) bond motifs is 1. The van der Waals surface area contributed by atoms with Crippen LogP contribution in [0.5, 0.6) is 5.75 Å². The highest BCUT2D eigenvalue weighted by Crippen LogP contribution is 2.30. The van der Waals surface area contributed by atoms with E-state index in [4.69, 9.17) is 9.15 Å². The third-order valence-electron chi connectivity index (χ3n) is 4.54. The summed E-state index contributed by atoms with van der Waals surface area (Å²) < 4.78 is 12.0. The van der Waals surface area contributed by atoms with Gasteiger partial charge in [0.25, 0.3) is 0 Å². The molecule has 0 fully saturated rings. The summed E-state index contributed by atoms with van der Waals surface area (Å²) in [4.78, 5) is 12.9. The molecule has 3 rings (SSSR count). The molecule has 0 N–H and O–H groups in total. The number of para-hydroxylation sites is 1. The summed E-state index contributed by atoms with van der Waals surface area (Å²) in [5.74, 6) is 0.837. The maximum absolute atomic E-state index is 12.9. The number of unbranched alkanes of at least 4 members (excludes halogenated alkanes) is 5. The fourth-order valence-corrected chi connectivity index (χ4v) is 3.09. The van der Waals surface area contributed by atoms with Gasteiger partial charge in [0, 0.05) is 5.56 Å². The van der Waals surface area contributed by atoms with Gasteiger partial charge in [0.15, 0.2) is 5.76 Å². The molecule has 1 aromatic heterocycles. The normalized spacial score (nSPS) is 11.0. The molecule has 26 heavy (non-hydrogen) atoms. The Morgan fingerprint density at radius 3 is 2.35 bits per heavy atom. The van der Waals surface area contributed by atoms with Crippen molar-refractivity contribution in [1.82, 2.24) is 0 Å². The topological polar surface area (TPSA) is 39.4 Å². The van der Waals surface area contributed by atoms with Gasteiger partial charge in [-0.15, -0.1) is 0 Å². The van der Waals surface area contributed by atoms with Crippen LogP contribution in [0.25, 0.3) is 22.3 Å². The molecule has 3 aromatic rings. The molecule has 0 aliphatic rings. The molecule has 0 aliphatic heterocycles. The fourth-order valence-electron chi connectivity index (χ4n) is 3.09. The Balaban J connectivity index is 1.83. The predicted molar refractivity (Wildman–Crippen MR) is 107 cm³/mol. The second-order valence-corrected chi connectivity index (χ2v) is 6.57. The summed E-state index contributed by atoms with van der Waals surface area (Å²) in [6.45, 7) is 2.75. The zero-order valence-corrected chi connectivity index (χ0v) is 15.4. The van der Waals surface area contributed by atoms with Gasteiger partial charge >= 0.3 is 0 Å². The van der Waals surface area contributed by atoms with Crippen LogP contribution in [0.4, 0.5) is 0 Å². The average molecular weight is 350 g/mol. The molecule has 0 aliphatic carbocycles. The summed E-state index contributed by atoms with van der Waals surface area (Å²) >= 11 is 0. The molecule has 1 heterocycles. The third kappa shape index (κ3) is 4.34. The molecule has 136 valence electrons. The maximum atomic E-state index is 12.9. The quantitative estimate of drug-likeness (QED) is 0.431. The minimum Gasteiger partial charge on any atom is -0.486 e. The first kappa shape index (κ1) is 18.2. The smallest absolute Gasteiger partial charge is 0.235 e. The Morgan fingerprint density at radius 1 is 0.846 bits per heavy atom. The van der Waals surface area contributed by atoms with E-state index in [1.54, 1.807) is 6.07 Å². The van der Waals surface area contributed by atoms with Crippen LogP contribution in [-0.4, -0.2) is 6.61 Å². The van der Waals surface area contributed by atoms with E-state index in [0.717, 1.165) is 18.4 Å². The highest BCUT2D eigenvalue weighted by Gasteiger charge is 2.17. The molecule has 0 amide bonds. The van der Waals surface area contributed by atoms with Crippen molar-refractivity contribution in [3.63, 3.8) is 0 Å². The van der Waals surface area contributed by atoms with Crippen LogP contribution >= 0.6 is 0 Å². The van der Waals surface area contributed by atoms with Crippen molar-refractivity contribution in [2.24, 2.45) is 0 Å². The number of rotatable bonds is 9. The zero-order valence-electron chi connectivity index (χ0n) is 15.4. The fraction of sp³-hybridized carbons (Fsp3) is 0.348. The Bertz CT molecular complexity index is 881. The van der Waals surface area contributed by atoms with Gasteiger partial charge in [-0.3, -0.25) is 4.79 Å². The second kappa shape index (κ2) is 9.23. The molecular formula is C23H26O3. The molecule has 0 atom stereocenters. The molecule has 0 spiro atoms. The van der Waals surface area contributed by atoms with Gasteiger partial charge in [0.1, 0.15) is 5.58 Å². The monoisotopic (exact) mass is 350 g/mol. The van der Waals surface area contributed by atoms with Gasteiger partial charge < -0.3 is 9.15 Å². The van der Waals surface area contributed by atoms with Crippen LogP contribution in [0.2, 0.25) is 0 Å². The van der Waals surface area contributed by atoms with Gasteiger partial charge in [-0.1, -0.05) is 81.5 Å². The average Bonchev–Trinajstić information content (AvgIpc) is 2.69. The van der Waals surface area contributed by atoms with Crippen molar-refractivity contribution in [2.45, 2.75) is 45.4 Å². The van der Waals surface area contributed by atoms with Crippen molar-refractivity contribution >= 4 is 11.0 Å². The molecule has 0 saturated heterocycles. The molecule has 0 saturated carbocycles. The molecule has 0 unspecified atom stereocenters. The Kier molecular flexibility index (Phi) is 6.48. The molecule has 0 bridgehead atoms. The lowest BCUT2D eigenvalue weighted by molar-refractivity contribution is 0.297. The summed E-state index contributed by atoms with van der Waals surface area (Å²) in [6, 6.07) is 17.0. The molecule has 2 aromatic carbocycles. The first-order chi connectivity index (χ1) is 12.8. The third-order valence-corrected chi connectivity index (χ3v) is 4.54. The predicted octanol–water partition coefficient (Wildman–Crippen LogP) is 6.20. The van der Waals surface area contributed by atoms with Gasteiger partial charge in [0.05, 0.1) is 12.0 Å². The van der Waals surface area contributed by atoms with Gasteiger partial charge in [-0.05, 0) is 18.6 Å². The van der Waals surface area contributed by atoms with E-state index in [1.165, 1.54) is 25.7 Å². The van der Waals surface area contributed by atoms with Gasteiger partial charge in [-0.2, -0.15) is 0 Å². The number of ether oxygens (including phenoxy) is 1. The molecule has 0 radical (unpaired) electrons. The van der Waals surface area contributed by atoms with Crippen molar-refractivity contribution in [3.05, 3.63) is 64.8 Å². The van der Waals surface area contributed by atoms with E-state index < -0.39 is 0 Å². The lowest BCUT2D eigenvalue weighted by atomic mass is 10.1. The van der Waals surface area contributed by atoms with Crippen LogP contribution in [0.1, 0.15) is 45.4 Å². The Morgan fingerprint density at radius 2 is 1.54 bits per heavy atom. The lowest BCUT2D eigenvalue weighted by Crippen LogP contribution is -2.11. The van der Waals surface area contributed by atoms with Crippen molar-refractivity contribution in [1.29, 1.82) is 0 Å². The van der Waals surface area contributed by atoms with Crippen LogP contribution in [0.3, 0.4) is 0 Å². The van der Waals surface area contributed by atoms with E-state index in [2.05, 4.69) is 6.92 Å². The van der Waals surface area contributed by atoms with Gasteiger partial charge in [0.2, 0.25) is 11.2 Å². The zero-order chi connectivity index (χ0) is 18.2. The maximum Gasteiger partial charge on any atom is 0.235 e. The van der Waals surface area contributed by atoms with Crippen LogP contribution < -0.4 is 10.2 Å². The van der Waals surface area contributed by atoms with Crippen molar-refractivity contribution in [3.8, 4) is 17.1 Å². The van der Waals surface area contributed by atoms with Crippen molar-refractivity contribution < 1.29 is 9.15 Å². The summed E-state index contributed by atoms with van der Waals surface area (Å²) in [7, 11) is 0. The van der Waals surface area contributed by atoms with Crippen LogP contribution in [0, 0.1) is 0 Å². The van der Waals surface area contributed by atoms with E-state index in [1.807, 2.05) is 48.5 Å². The van der Waals surface area contributed by atoms with Crippen LogP contribution in [0.15, 0.2) is 63.8 Å². The second-order valence-electron chi connectivity index (χ2n) is 6.57. The Hall–Kier alpha value is -2.55.